The van der Waals surface area contributed by atoms with Crippen LogP contribution in [0.4, 0.5) is 0 Å². The summed E-state index contributed by atoms with van der Waals surface area (Å²) in [6, 6.07) is 7.52. The average molecular weight is 222 g/mol. The smallest absolute Gasteiger partial charge is 0.129 e. The molecule has 3 heteroatoms. The van der Waals surface area contributed by atoms with Crippen LogP contribution in [0.2, 0.25) is 0 Å². The lowest BCUT2D eigenvalue weighted by atomic mass is 10.2. The van der Waals surface area contributed by atoms with Gasteiger partial charge < -0.3 is 14.3 Å². The number of benzene rings is 1. The Morgan fingerprint density at radius 3 is 2.69 bits per heavy atom. The van der Waals surface area contributed by atoms with Crippen molar-refractivity contribution in [1.82, 2.24) is 0 Å². The highest BCUT2D eigenvalue weighted by molar-refractivity contribution is 5.75. The summed E-state index contributed by atoms with van der Waals surface area (Å²) in [5.74, 6) is 1.84. The van der Waals surface area contributed by atoms with Crippen LogP contribution in [0.15, 0.2) is 24.3 Å². The molecule has 88 valence electrons. The van der Waals surface area contributed by atoms with Gasteiger partial charge in [-0.3, -0.25) is 0 Å². The van der Waals surface area contributed by atoms with Gasteiger partial charge in [0, 0.05) is 12.5 Å². The van der Waals surface area contributed by atoms with E-state index < -0.39 is 0 Å². The summed E-state index contributed by atoms with van der Waals surface area (Å²) < 4.78 is 10.6. The minimum Gasteiger partial charge on any atom is -0.497 e. The fourth-order valence-corrected chi connectivity index (χ4v) is 1.36. The van der Waals surface area contributed by atoms with Crippen molar-refractivity contribution in [3.8, 4) is 11.5 Å². The second-order valence-electron chi connectivity index (χ2n) is 3.69. The number of unbranched alkanes of at least 4 members (excludes halogenated alkanes) is 1. The third kappa shape index (κ3) is 4.82. The van der Waals surface area contributed by atoms with Gasteiger partial charge in [0.05, 0.1) is 13.7 Å². The van der Waals surface area contributed by atoms with E-state index in [1.165, 1.54) is 0 Å². The molecule has 1 aromatic carbocycles. The molecule has 0 fully saturated rings. The van der Waals surface area contributed by atoms with Gasteiger partial charge >= 0.3 is 0 Å². The number of carbonyl (C=O) groups excluding carboxylic acids is 1. The molecule has 0 heterocycles. The van der Waals surface area contributed by atoms with Gasteiger partial charge in [0.1, 0.15) is 17.3 Å². The molecule has 0 atom stereocenters. The van der Waals surface area contributed by atoms with Crippen LogP contribution in [-0.2, 0) is 4.79 Å². The van der Waals surface area contributed by atoms with E-state index in [1.54, 1.807) is 14.0 Å². The Morgan fingerprint density at radius 1 is 1.25 bits per heavy atom. The second-order valence-corrected chi connectivity index (χ2v) is 3.69. The first-order chi connectivity index (χ1) is 7.72. The summed E-state index contributed by atoms with van der Waals surface area (Å²) in [6.45, 7) is 2.25. The zero-order valence-corrected chi connectivity index (χ0v) is 9.86. The van der Waals surface area contributed by atoms with Crippen LogP contribution in [0.5, 0.6) is 11.5 Å². The molecule has 3 nitrogen and oxygen atoms in total. The number of ketones is 1. The zero-order chi connectivity index (χ0) is 11.8. The first-order valence-electron chi connectivity index (χ1n) is 5.48. The number of methoxy groups -OCH3 is 1. The Bertz CT molecular complexity index is 334. The van der Waals surface area contributed by atoms with Gasteiger partial charge in [0.2, 0.25) is 0 Å². The number of Topliss-reactive ketones (excluding diaryl/α,β-unsaturated/α-hetero) is 1. The quantitative estimate of drug-likeness (QED) is 0.665. The normalized spacial score (nSPS) is 9.88. The lowest BCUT2D eigenvalue weighted by Gasteiger charge is -2.07. The lowest BCUT2D eigenvalue weighted by molar-refractivity contribution is -0.117. The molecule has 16 heavy (non-hydrogen) atoms. The summed E-state index contributed by atoms with van der Waals surface area (Å²) in [7, 11) is 1.63. The molecule has 0 N–H and O–H groups in total. The number of rotatable bonds is 7. The van der Waals surface area contributed by atoms with Gasteiger partial charge in [0.15, 0.2) is 0 Å². The fourth-order valence-electron chi connectivity index (χ4n) is 1.36. The third-order valence-corrected chi connectivity index (χ3v) is 2.23. The molecular weight excluding hydrogens is 204 g/mol. The first kappa shape index (κ1) is 12.6. The molecule has 0 spiro atoms. The van der Waals surface area contributed by atoms with Crippen molar-refractivity contribution in [2.24, 2.45) is 0 Å². The van der Waals surface area contributed by atoms with E-state index >= 15 is 0 Å². The minimum atomic E-state index is 0.237. The molecule has 0 saturated heterocycles. The van der Waals surface area contributed by atoms with Crippen LogP contribution < -0.4 is 9.47 Å². The fraction of sp³-hybridized carbons (Fsp3) is 0.462. The molecular formula is C13H18O3. The molecule has 0 radical (unpaired) electrons. The summed E-state index contributed by atoms with van der Waals surface area (Å²) >= 11 is 0. The SMILES string of the molecule is COc1cccc(OCCCCC(C)=O)c1. The van der Waals surface area contributed by atoms with Gasteiger partial charge in [-0.05, 0) is 31.9 Å². The maximum atomic E-state index is 10.7. The van der Waals surface area contributed by atoms with Gasteiger partial charge in [-0.1, -0.05) is 6.07 Å². The maximum absolute atomic E-state index is 10.7. The third-order valence-electron chi connectivity index (χ3n) is 2.23. The van der Waals surface area contributed by atoms with Crippen LogP contribution in [0.25, 0.3) is 0 Å². The van der Waals surface area contributed by atoms with Crippen molar-refractivity contribution < 1.29 is 14.3 Å². The van der Waals surface area contributed by atoms with Crippen LogP contribution in [0.3, 0.4) is 0 Å². The molecule has 0 aliphatic carbocycles. The highest BCUT2D eigenvalue weighted by Crippen LogP contribution is 2.18. The Kier molecular flexibility index (Phi) is 5.40. The van der Waals surface area contributed by atoms with Gasteiger partial charge in [-0.15, -0.1) is 0 Å². The van der Waals surface area contributed by atoms with Crippen LogP contribution in [0, 0.1) is 0 Å². The van der Waals surface area contributed by atoms with Crippen LogP contribution in [0.1, 0.15) is 26.2 Å². The number of carbonyl (C=O) groups is 1. The van der Waals surface area contributed by atoms with E-state index in [-0.39, 0.29) is 5.78 Å². The van der Waals surface area contributed by atoms with Crippen molar-refractivity contribution >= 4 is 5.78 Å². The lowest BCUT2D eigenvalue weighted by Crippen LogP contribution is -1.99. The summed E-state index contributed by atoms with van der Waals surface area (Å²) in [4.78, 5) is 10.7. The van der Waals surface area contributed by atoms with Crippen molar-refractivity contribution in [3.05, 3.63) is 24.3 Å². The average Bonchev–Trinajstić information content (AvgIpc) is 2.28. The number of hydrogen-bond acceptors (Lipinski definition) is 3. The van der Waals surface area contributed by atoms with Crippen molar-refractivity contribution in [1.29, 1.82) is 0 Å². The monoisotopic (exact) mass is 222 g/mol. The molecule has 1 aromatic rings. The van der Waals surface area contributed by atoms with Gasteiger partial charge in [-0.25, -0.2) is 0 Å². The first-order valence-corrected chi connectivity index (χ1v) is 5.48. The standard InChI is InChI=1S/C13H18O3/c1-11(14)6-3-4-9-16-13-8-5-7-12(10-13)15-2/h5,7-8,10H,3-4,6,9H2,1-2H3. The molecule has 0 aliphatic rings. The molecule has 0 unspecified atom stereocenters. The molecule has 0 saturated carbocycles. The van der Waals surface area contributed by atoms with E-state index in [1.807, 2.05) is 24.3 Å². The number of hydrogen-bond donors (Lipinski definition) is 0. The van der Waals surface area contributed by atoms with E-state index in [0.29, 0.717) is 13.0 Å². The van der Waals surface area contributed by atoms with E-state index in [4.69, 9.17) is 9.47 Å². The zero-order valence-electron chi connectivity index (χ0n) is 9.86. The predicted molar refractivity (Wildman–Crippen MR) is 63.0 cm³/mol. The number of ether oxygens (including phenoxy) is 2. The molecule has 0 amide bonds. The van der Waals surface area contributed by atoms with Crippen LogP contribution in [-0.4, -0.2) is 19.5 Å². The van der Waals surface area contributed by atoms with Gasteiger partial charge in [-0.2, -0.15) is 0 Å². The Morgan fingerprint density at radius 2 is 2.00 bits per heavy atom. The van der Waals surface area contributed by atoms with Crippen molar-refractivity contribution in [2.75, 3.05) is 13.7 Å². The molecule has 0 aromatic heterocycles. The van der Waals surface area contributed by atoms with Crippen molar-refractivity contribution in [2.45, 2.75) is 26.2 Å². The second kappa shape index (κ2) is 6.88. The predicted octanol–water partition coefficient (Wildman–Crippen LogP) is 2.83. The Labute approximate surface area is 96.4 Å². The molecule has 1 rings (SSSR count). The highest BCUT2D eigenvalue weighted by atomic mass is 16.5. The van der Waals surface area contributed by atoms with Crippen molar-refractivity contribution in [3.63, 3.8) is 0 Å². The molecule has 0 aliphatic heterocycles. The van der Waals surface area contributed by atoms with Crippen LogP contribution >= 0.6 is 0 Å². The minimum absolute atomic E-state index is 0.237. The van der Waals surface area contributed by atoms with Gasteiger partial charge in [0.25, 0.3) is 0 Å². The summed E-state index contributed by atoms with van der Waals surface area (Å²) in [5, 5.41) is 0. The molecule has 0 bridgehead atoms. The summed E-state index contributed by atoms with van der Waals surface area (Å²) in [5.41, 5.74) is 0. The highest BCUT2D eigenvalue weighted by Gasteiger charge is 1.97. The van der Waals surface area contributed by atoms with E-state index in [9.17, 15) is 4.79 Å². The summed E-state index contributed by atoms with van der Waals surface area (Å²) in [6.07, 6.45) is 2.43. The van der Waals surface area contributed by atoms with E-state index in [2.05, 4.69) is 0 Å². The Balaban J connectivity index is 2.23. The maximum Gasteiger partial charge on any atom is 0.129 e. The largest absolute Gasteiger partial charge is 0.497 e. The van der Waals surface area contributed by atoms with E-state index in [0.717, 1.165) is 24.3 Å². The Hall–Kier alpha value is -1.51. The topological polar surface area (TPSA) is 35.5 Å².